The van der Waals surface area contributed by atoms with Crippen LogP contribution in [-0.2, 0) is 12.8 Å². The quantitative estimate of drug-likeness (QED) is 0.724. The van der Waals surface area contributed by atoms with Crippen molar-refractivity contribution < 1.29 is 4.79 Å². The molecule has 0 bridgehead atoms. The molecule has 1 heterocycles. The molecule has 2 aliphatic rings. The van der Waals surface area contributed by atoms with Crippen molar-refractivity contribution in [1.82, 2.24) is 20.4 Å². The molecule has 2 unspecified atom stereocenters. The number of nitrogens with zero attached hydrogens (tertiary/aromatic N) is 2. The maximum absolute atomic E-state index is 12.8. The van der Waals surface area contributed by atoms with E-state index in [1.807, 2.05) is 36.5 Å². The average molecular weight is 372 g/mol. The molecule has 28 heavy (non-hydrogen) atoms. The van der Waals surface area contributed by atoms with Gasteiger partial charge in [0.2, 0.25) is 0 Å². The van der Waals surface area contributed by atoms with Crippen molar-refractivity contribution in [3.63, 3.8) is 0 Å². The lowest BCUT2D eigenvalue weighted by molar-refractivity contribution is 0.0889. The highest BCUT2D eigenvalue weighted by atomic mass is 16.1. The molecular weight excluding hydrogens is 348 g/mol. The Morgan fingerprint density at radius 1 is 0.964 bits per heavy atom. The van der Waals surface area contributed by atoms with Crippen molar-refractivity contribution >= 4 is 5.91 Å². The van der Waals surface area contributed by atoms with Crippen LogP contribution in [0.4, 0.5) is 0 Å². The Morgan fingerprint density at radius 3 is 2.43 bits per heavy atom. The SMILES string of the molecule is O=C(NC1CCC1NC1Cc2ccccc2C1)c1cccc(-n2cccn2)c1. The molecule has 0 aliphatic heterocycles. The number of benzene rings is 2. The van der Waals surface area contributed by atoms with Crippen molar-refractivity contribution in [1.29, 1.82) is 0 Å². The minimum atomic E-state index is -0.0137. The summed E-state index contributed by atoms with van der Waals surface area (Å²) in [5.74, 6) is -0.0137. The fourth-order valence-electron chi connectivity index (χ4n) is 4.31. The zero-order valence-corrected chi connectivity index (χ0v) is 15.7. The molecule has 2 aliphatic carbocycles. The molecule has 2 N–H and O–H groups in total. The summed E-state index contributed by atoms with van der Waals surface area (Å²) in [6.45, 7) is 0. The van der Waals surface area contributed by atoms with E-state index in [4.69, 9.17) is 0 Å². The molecule has 0 saturated heterocycles. The molecule has 0 spiro atoms. The van der Waals surface area contributed by atoms with Crippen LogP contribution in [0.2, 0.25) is 0 Å². The van der Waals surface area contributed by atoms with Crippen LogP contribution in [0.25, 0.3) is 5.69 Å². The maximum Gasteiger partial charge on any atom is 0.251 e. The number of hydrogen-bond donors (Lipinski definition) is 2. The molecule has 5 nitrogen and oxygen atoms in total. The number of hydrogen-bond acceptors (Lipinski definition) is 3. The fourth-order valence-corrected chi connectivity index (χ4v) is 4.31. The maximum atomic E-state index is 12.8. The molecule has 3 aromatic rings. The van der Waals surface area contributed by atoms with E-state index in [1.54, 1.807) is 10.9 Å². The number of rotatable bonds is 5. The van der Waals surface area contributed by atoms with E-state index in [2.05, 4.69) is 40.0 Å². The summed E-state index contributed by atoms with van der Waals surface area (Å²) < 4.78 is 1.77. The lowest BCUT2D eigenvalue weighted by Gasteiger charge is -2.39. The molecule has 5 heteroatoms. The topological polar surface area (TPSA) is 59.0 Å². The van der Waals surface area contributed by atoms with E-state index in [9.17, 15) is 4.79 Å². The lowest BCUT2D eigenvalue weighted by Crippen LogP contribution is -2.59. The molecule has 142 valence electrons. The van der Waals surface area contributed by atoms with Crippen LogP contribution in [0.3, 0.4) is 0 Å². The van der Waals surface area contributed by atoms with Gasteiger partial charge in [0.05, 0.1) is 5.69 Å². The summed E-state index contributed by atoms with van der Waals surface area (Å²) >= 11 is 0. The first-order valence-electron chi connectivity index (χ1n) is 10.00. The van der Waals surface area contributed by atoms with Crippen LogP contribution in [0.5, 0.6) is 0 Å². The Labute approximate surface area is 164 Å². The highest BCUT2D eigenvalue weighted by molar-refractivity contribution is 5.95. The smallest absolute Gasteiger partial charge is 0.251 e. The third kappa shape index (κ3) is 3.34. The van der Waals surface area contributed by atoms with Crippen LogP contribution in [0.15, 0.2) is 67.0 Å². The molecule has 1 amide bonds. The van der Waals surface area contributed by atoms with Gasteiger partial charge in [-0.25, -0.2) is 4.68 Å². The molecule has 1 aromatic heterocycles. The number of fused-ring (bicyclic) bond motifs is 1. The summed E-state index contributed by atoms with van der Waals surface area (Å²) in [5, 5.41) is 11.2. The lowest BCUT2D eigenvalue weighted by atomic mass is 9.85. The summed E-state index contributed by atoms with van der Waals surface area (Å²) in [7, 11) is 0. The van der Waals surface area contributed by atoms with Crippen molar-refractivity contribution in [2.45, 2.75) is 43.8 Å². The summed E-state index contributed by atoms with van der Waals surface area (Å²) in [6.07, 6.45) is 7.92. The Bertz CT molecular complexity index is 957. The van der Waals surface area contributed by atoms with Crippen molar-refractivity contribution in [2.75, 3.05) is 0 Å². The number of nitrogens with one attached hydrogen (secondary N) is 2. The van der Waals surface area contributed by atoms with Crippen LogP contribution >= 0.6 is 0 Å². The third-order valence-corrected chi connectivity index (χ3v) is 5.97. The minimum Gasteiger partial charge on any atom is -0.348 e. The molecule has 1 saturated carbocycles. The molecular formula is C23H24N4O. The largest absolute Gasteiger partial charge is 0.348 e. The van der Waals surface area contributed by atoms with Gasteiger partial charge in [0.15, 0.2) is 0 Å². The number of amides is 1. The van der Waals surface area contributed by atoms with Gasteiger partial charge in [-0.05, 0) is 61.1 Å². The van der Waals surface area contributed by atoms with E-state index >= 15 is 0 Å². The summed E-state index contributed by atoms with van der Waals surface area (Å²) in [6, 6.07) is 19.2. The van der Waals surface area contributed by atoms with E-state index < -0.39 is 0 Å². The second kappa shape index (κ2) is 7.24. The van der Waals surface area contributed by atoms with Crippen molar-refractivity contribution in [3.8, 4) is 5.69 Å². The highest BCUT2D eigenvalue weighted by Gasteiger charge is 2.35. The van der Waals surface area contributed by atoms with Gasteiger partial charge in [0, 0.05) is 36.1 Å². The Balaban J connectivity index is 1.20. The van der Waals surface area contributed by atoms with E-state index in [-0.39, 0.29) is 11.9 Å². The van der Waals surface area contributed by atoms with Gasteiger partial charge in [-0.15, -0.1) is 0 Å². The summed E-state index contributed by atoms with van der Waals surface area (Å²) in [4.78, 5) is 12.8. The molecule has 1 fully saturated rings. The van der Waals surface area contributed by atoms with Crippen LogP contribution in [-0.4, -0.2) is 33.8 Å². The predicted octanol–water partition coefficient (Wildman–Crippen LogP) is 2.89. The molecule has 5 rings (SSSR count). The van der Waals surface area contributed by atoms with Gasteiger partial charge in [-0.3, -0.25) is 4.79 Å². The number of carbonyl (C=O) groups excluding carboxylic acids is 1. The monoisotopic (exact) mass is 372 g/mol. The Hall–Kier alpha value is -2.92. The zero-order valence-electron chi connectivity index (χ0n) is 15.7. The summed E-state index contributed by atoms with van der Waals surface area (Å²) in [5.41, 5.74) is 4.47. The third-order valence-electron chi connectivity index (χ3n) is 5.97. The number of carbonyl (C=O) groups is 1. The van der Waals surface area contributed by atoms with Gasteiger partial charge >= 0.3 is 0 Å². The molecule has 2 aromatic carbocycles. The first-order chi connectivity index (χ1) is 13.8. The van der Waals surface area contributed by atoms with Gasteiger partial charge in [-0.2, -0.15) is 5.10 Å². The van der Waals surface area contributed by atoms with E-state index in [0.29, 0.717) is 17.6 Å². The standard InChI is InChI=1S/C23H24N4O/c28-23(18-7-3-8-20(15-18)27-12-4-11-24-27)26-22-10-9-21(22)25-19-13-16-5-1-2-6-17(16)14-19/h1-8,11-12,15,19,21-22,25H,9-10,13-14H2,(H,26,28). The first-order valence-corrected chi connectivity index (χ1v) is 10.00. The van der Waals surface area contributed by atoms with Gasteiger partial charge in [-0.1, -0.05) is 30.3 Å². The van der Waals surface area contributed by atoms with Crippen molar-refractivity contribution in [3.05, 3.63) is 83.7 Å². The molecule has 2 atom stereocenters. The second-order valence-corrected chi connectivity index (χ2v) is 7.81. The minimum absolute atomic E-state index is 0.0137. The van der Waals surface area contributed by atoms with E-state index in [1.165, 1.54) is 11.1 Å². The normalized spacial score (nSPS) is 21.1. The zero-order chi connectivity index (χ0) is 18.9. The van der Waals surface area contributed by atoms with E-state index in [0.717, 1.165) is 31.4 Å². The van der Waals surface area contributed by atoms with Crippen LogP contribution < -0.4 is 10.6 Å². The Morgan fingerprint density at radius 2 is 1.75 bits per heavy atom. The van der Waals surface area contributed by atoms with Crippen LogP contribution in [0, 0.1) is 0 Å². The van der Waals surface area contributed by atoms with Gasteiger partial charge < -0.3 is 10.6 Å². The van der Waals surface area contributed by atoms with Crippen LogP contribution in [0.1, 0.15) is 34.3 Å². The predicted molar refractivity (Wildman–Crippen MR) is 109 cm³/mol. The van der Waals surface area contributed by atoms with Crippen molar-refractivity contribution in [2.24, 2.45) is 0 Å². The second-order valence-electron chi connectivity index (χ2n) is 7.81. The Kier molecular flexibility index (Phi) is 4.45. The first kappa shape index (κ1) is 17.2. The number of aromatic nitrogens is 2. The highest BCUT2D eigenvalue weighted by Crippen LogP contribution is 2.26. The fraction of sp³-hybridized carbons (Fsp3) is 0.304. The van der Waals surface area contributed by atoms with Gasteiger partial charge in [0.1, 0.15) is 0 Å². The molecule has 0 radical (unpaired) electrons. The average Bonchev–Trinajstić information content (AvgIpc) is 3.39. The van der Waals surface area contributed by atoms with Gasteiger partial charge in [0.25, 0.3) is 5.91 Å².